The third-order valence-electron chi connectivity index (χ3n) is 4.89. The van der Waals surface area contributed by atoms with Gasteiger partial charge >= 0.3 is 5.97 Å². The Balaban J connectivity index is 1.94. The topological polar surface area (TPSA) is 78.4 Å². The van der Waals surface area contributed by atoms with Gasteiger partial charge in [0.05, 0.1) is 11.3 Å². The van der Waals surface area contributed by atoms with Crippen LogP contribution in [0.5, 0.6) is 0 Å². The van der Waals surface area contributed by atoms with E-state index in [0.717, 1.165) is 45.2 Å². The minimum Gasteiger partial charge on any atom is -0.481 e. The molecule has 1 aliphatic carbocycles. The van der Waals surface area contributed by atoms with Crippen molar-refractivity contribution in [1.82, 2.24) is 10.6 Å². The quantitative estimate of drug-likeness (QED) is 0.714. The molecule has 1 saturated carbocycles. The zero-order chi connectivity index (χ0) is 14.6. The molecule has 2 aliphatic rings. The monoisotopic (exact) mass is 282 g/mol. The molecular formula is C15H26N2O3. The average molecular weight is 282 g/mol. The van der Waals surface area contributed by atoms with Crippen molar-refractivity contribution in [3.8, 4) is 0 Å². The van der Waals surface area contributed by atoms with Gasteiger partial charge in [0.15, 0.2) is 0 Å². The predicted octanol–water partition coefficient (Wildman–Crippen LogP) is 1.53. The first-order chi connectivity index (χ1) is 9.57. The molecule has 5 heteroatoms. The summed E-state index contributed by atoms with van der Waals surface area (Å²) < 4.78 is 0. The Kier molecular flexibility index (Phi) is 5.02. The van der Waals surface area contributed by atoms with Gasteiger partial charge in [0.1, 0.15) is 0 Å². The van der Waals surface area contributed by atoms with Gasteiger partial charge in [0, 0.05) is 6.04 Å². The van der Waals surface area contributed by atoms with E-state index in [4.69, 9.17) is 5.11 Å². The molecule has 2 fully saturated rings. The van der Waals surface area contributed by atoms with Crippen LogP contribution >= 0.6 is 0 Å². The minimum absolute atomic E-state index is 0.0483. The molecule has 1 amide bonds. The lowest BCUT2D eigenvalue weighted by molar-refractivity contribution is -0.141. The molecule has 0 bridgehead atoms. The van der Waals surface area contributed by atoms with Crippen molar-refractivity contribution in [2.24, 2.45) is 11.3 Å². The molecule has 20 heavy (non-hydrogen) atoms. The largest absolute Gasteiger partial charge is 0.481 e. The normalized spacial score (nSPS) is 29.1. The van der Waals surface area contributed by atoms with Gasteiger partial charge in [-0.05, 0) is 51.6 Å². The first kappa shape index (κ1) is 15.3. The fourth-order valence-electron chi connectivity index (χ4n) is 3.65. The Labute approximate surface area is 120 Å². The first-order valence-corrected chi connectivity index (χ1v) is 7.82. The summed E-state index contributed by atoms with van der Waals surface area (Å²) in [5.74, 6) is -0.862. The van der Waals surface area contributed by atoms with Crippen molar-refractivity contribution in [2.45, 2.75) is 57.9 Å². The summed E-state index contributed by atoms with van der Waals surface area (Å²) in [7, 11) is 0. The summed E-state index contributed by atoms with van der Waals surface area (Å²) >= 11 is 0. The number of piperidine rings is 1. The SMILES string of the molecule is CCCC1(C(=O)NC2CCC(C(=O)O)C2)CCNCC1. The van der Waals surface area contributed by atoms with Gasteiger partial charge in [-0.3, -0.25) is 9.59 Å². The lowest BCUT2D eigenvalue weighted by Crippen LogP contribution is -2.49. The molecule has 5 nitrogen and oxygen atoms in total. The van der Waals surface area contributed by atoms with Gasteiger partial charge in [-0.25, -0.2) is 0 Å². The number of carboxylic acid groups (broad SMARTS) is 1. The van der Waals surface area contributed by atoms with Crippen LogP contribution in [0.4, 0.5) is 0 Å². The number of carboxylic acids is 1. The molecule has 0 radical (unpaired) electrons. The van der Waals surface area contributed by atoms with Crippen LogP contribution in [0.15, 0.2) is 0 Å². The Morgan fingerprint density at radius 3 is 2.55 bits per heavy atom. The fourth-order valence-corrected chi connectivity index (χ4v) is 3.65. The zero-order valence-electron chi connectivity index (χ0n) is 12.3. The van der Waals surface area contributed by atoms with E-state index in [1.54, 1.807) is 0 Å². The van der Waals surface area contributed by atoms with E-state index < -0.39 is 5.97 Å². The Morgan fingerprint density at radius 1 is 1.30 bits per heavy atom. The number of nitrogens with one attached hydrogen (secondary N) is 2. The van der Waals surface area contributed by atoms with Crippen LogP contribution in [0, 0.1) is 11.3 Å². The number of carbonyl (C=O) groups is 2. The minimum atomic E-state index is -0.730. The molecule has 1 aliphatic heterocycles. The maximum Gasteiger partial charge on any atom is 0.306 e. The van der Waals surface area contributed by atoms with E-state index in [9.17, 15) is 9.59 Å². The zero-order valence-corrected chi connectivity index (χ0v) is 12.3. The third-order valence-corrected chi connectivity index (χ3v) is 4.89. The van der Waals surface area contributed by atoms with Crippen LogP contribution in [-0.2, 0) is 9.59 Å². The highest BCUT2D eigenvalue weighted by Gasteiger charge is 2.40. The second kappa shape index (κ2) is 6.57. The van der Waals surface area contributed by atoms with Crippen LogP contribution in [-0.4, -0.2) is 36.1 Å². The molecule has 2 rings (SSSR count). The van der Waals surface area contributed by atoms with Crippen LogP contribution < -0.4 is 10.6 Å². The maximum absolute atomic E-state index is 12.7. The molecule has 0 spiro atoms. The number of carbonyl (C=O) groups excluding carboxylic acids is 1. The number of aliphatic carboxylic acids is 1. The molecule has 0 aromatic carbocycles. The Hall–Kier alpha value is -1.10. The van der Waals surface area contributed by atoms with Crippen molar-refractivity contribution in [3.63, 3.8) is 0 Å². The van der Waals surface area contributed by atoms with Crippen molar-refractivity contribution in [3.05, 3.63) is 0 Å². The molecule has 1 saturated heterocycles. The predicted molar refractivity (Wildman–Crippen MR) is 76.4 cm³/mol. The summed E-state index contributed by atoms with van der Waals surface area (Å²) in [6.07, 6.45) is 5.78. The van der Waals surface area contributed by atoms with Gasteiger partial charge in [-0.15, -0.1) is 0 Å². The van der Waals surface area contributed by atoms with E-state index in [1.165, 1.54) is 0 Å². The second-order valence-electron chi connectivity index (χ2n) is 6.30. The van der Waals surface area contributed by atoms with Crippen LogP contribution in [0.1, 0.15) is 51.9 Å². The number of hydrogen-bond donors (Lipinski definition) is 3. The summed E-state index contributed by atoms with van der Waals surface area (Å²) in [5, 5.41) is 15.5. The molecular weight excluding hydrogens is 256 g/mol. The number of rotatable bonds is 5. The number of hydrogen-bond acceptors (Lipinski definition) is 3. The van der Waals surface area contributed by atoms with Crippen LogP contribution in [0.25, 0.3) is 0 Å². The Morgan fingerprint density at radius 2 is 2.00 bits per heavy atom. The lowest BCUT2D eigenvalue weighted by Gasteiger charge is -2.37. The maximum atomic E-state index is 12.7. The van der Waals surface area contributed by atoms with E-state index in [1.807, 2.05) is 0 Å². The molecule has 3 N–H and O–H groups in total. The molecule has 2 atom stereocenters. The van der Waals surface area contributed by atoms with E-state index in [2.05, 4.69) is 17.6 Å². The summed E-state index contributed by atoms with van der Waals surface area (Å²) in [6.45, 7) is 3.92. The third kappa shape index (κ3) is 3.32. The molecule has 0 aromatic rings. The second-order valence-corrected chi connectivity index (χ2v) is 6.30. The summed E-state index contributed by atoms with van der Waals surface area (Å²) in [4.78, 5) is 23.6. The smallest absolute Gasteiger partial charge is 0.306 e. The highest BCUT2D eigenvalue weighted by molar-refractivity contribution is 5.83. The fraction of sp³-hybridized carbons (Fsp3) is 0.867. The lowest BCUT2D eigenvalue weighted by atomic mass is 9.74. The van der Waals surface area contributed by atoms with E-state index in [0.29, 0.717) is 12.8 Å². The summed E-state index contributed by atoms with van der Waals surface area (Å²) in [5.41, 5.74) is -0.235. The molecule has 0 aromatic heterocycles. The molecule has 1 heterocycles. The average Bonchev–Trinajstić information content (AvgIpc) is 2.89. The Bertz CT molecular complexity index is 359. The molecule has 114 valence electrons. The van der Waals surface area contributed by atoms with Crippen LogP contribution in [0.3, 0.4) is 0 Å². The van der Waals surface area contributed by atoms with Crippen LogP contribution in [0.2, 0.25) is 0 Å². The first-order valence-electron chi connectivity index (χ1n) is 7.82. The van der Waals surface area contributed by atoms with E-state index >= 15 is 0 Å². The van der Waals surface area contributed by atoms with E-state index in [-0.39, 0.29) is 23.3 Å². The standard InChI is InChI=1S/C15H26N2O3/c1-2-5-15(6-8-16-9-7-15)14(20)17-12-4-3-11(10-12)13(18)19/h11-12,16H,2-10H2,1H3,(H,17,20)(H,18,19). The van der Waals surface area contributed by atoms with Crippen molar-refractivity contribution in [2.75, 3.05) is 13.1 Å². The highest BCUT2D eigenvalue weighted by Crippen LogP contribution is 2.35. The van der Waals surface area contributed by atoms with Crippen molar-refractivity contribution >= 4 is 11.9 Å². The van der Waals surface area contributed by atoms with Crippen molar-refractivity contribution < 1.29 is 14.7 Å². The van der Waals surface area contributed by atoms with Gasteiger partial charge in [-0.2, -0.15) is 0 Å². The van der Waals surface area contributed by atoms with Gasteiger partial charge in [0.2, 0.25) is 5.91 Å². The van der Waals surface area contributed by atoms with Crippen molar-refractivity contribution in [1.29, 1.82) is 0 Å². The van der Waals surface area contributed by atoms with Gasteiger partial charge < -0.3 is 15.7 Å². The summed E-state index contributed by atoms with van der Waals surface area (Å²) in [6, 6.07) is 0.0483. The number of amides is 1. The van der Waals surface area contributed by atoms with Gasteiger partial charge in [-0.1, -0.05) is 13.3 Å². The highest BCUT2D eigenvalue weighted by atomic mass is 16.4. The molecule has 2 unspecified atom stereocenters. The van der Waals surface area contributed by atoms with Gasteiger partial charge in [0.25, 0.3) is 0 Å².